The molecule has 9 aromatic rings. The Hall–Kier alpha value is -4.86. The fourth-order valence-electron chi connectivity index (χ4n) is 7.29. The van der Waals surface area contributed by atoms with Crippen LogP contribution in [0.5, 0.6) is 0 Å². The van der Waals surface area contributed by atoms with Crippen molar-refractivity contribution in [3.05, 3.63) is 240 Å². The van der Waals surface area contributed by atoms with Gasteiger partial charge in [-0.25, -0.2) is 0 Å². The van der Waals surface area contributed by atoms with E-state index in [4.69, 9.17) is 20.6 Å². The average molecular weight is 929 g/mol. The van der Waals surface area contributed by atoms with Gasteiger partial charge in [0.1, 0.15) is 0 Å². The van der Waals surface area contributed by atoms with Gasteiger partial charge >= 0.3 is 401 Å². The molecule has 0 saturated carbocycles. The third-order valence-corrected chi connectivity index (χ3v) is 21.6. The molecule has 0 amide bonds. The molecule has 0 aliphatic heterocycles. The fraction of sp³-hybridized carbons (Fsp3) is 0.0189. The molecule has 0 nitrogen and oxygen atoms in total. The van der Waals surface area contributed by atoms with Crippen molar-refractivity contribution < 1.29 is 49.3 Å². The monoisotopic (exact) mass is 930 g/mol. The van der Waals surface area contributed by atoms with Crippen LogP contribution < -0.4 is 31.8 Å². The maximum absolute atomic E-state index is 11.0. The summed E-state index contributed by atoms with van der Waals surface area (Å²) >= 11 is 5.31. The van der Waals surface area contributed by atoms with E-state index in [2.05, 4.69) is 30.2 Å². The zero-order valence-electron chi connectivity index (χ0n) is 64.2. The fourth-order valence-corrected chi connectivity index (χ4v) is 14.7. The van der Waals surface area contributed by atoms with Gasteiger partial charge in [0.2, 0.25) is 0 Å². The molecule has 4 heteroatoms. The van der Waals surface area contributed by atoms with Crippen LogP contribution in [0.3, 0.4) is 0 Å². The Morgan fingerprint density at radius 1 is 0.333 bits per heavy atom. The summed E-state index contributed by atoms with van der Waals surface area (Å²) in [6.45, 7) is 0. The Kier molecular flexibility index (Phi) is 3.38. The van der Waals surface area contributed by atoms with Crippen molar-refractivity contribution in [1.82, 2.24) is 0 Å². The summed E-state index contributed by atoms with van der Waals surface area (Å²) in [4.78, 5) is 0. The minimum atomic E-state index is -5.27. The van der Waals surface area contributed by atoms with Gasteiger partial charge in [0.15, 0.2) is 0 Å². The van der Waals surface area contributed by atoms with Gasteiger partial charge in [-0.1, -0.05) is 0 Å². The van der Waals surface area contributed by atoms with Crippen LogP contribution in [0.15, 0.2) is 218 Å². The first-order valence-electron chi connectivity index (χ1n) is 34.5. The average Bonchev–Trinajstić information content (AvgIpc) is 1.48. The van der Waals surface area contributed by atoms with E-state index in [0.29, 0.717) is 0 Å². The number of hydrogen-bond donors (Lipinski definition) is 0. The van der Waals surface area contributed by atoms with Crippen molar-refractivity contribution in [1.29, 1.82) is 0 Å². The van der Waals surface area contributed by atoms with E-state index in [-0.39, 0.29) is 0 Å². The van der Waals surface area contributed by atoms with Crippen LogP contribution >= 0.6 is 11.0 Å². The van der Waals surface area contributed by atoms with Crippen LogP contribution in [0.25, 0.3) is 33.0 Å². The molecule has 0 aromatic heterocycles. The molecule has 9 aromatic carbocycles. The molecule has 2 aliphatic carbocycles. The quantitative estimate of drug-likeness (QED) is 0.115. The summed E-state index contributed by atoms with van der Waals surface area (Å²) < 4.78 is 339. The first-order valence-corrected chi connectivity index (χ1v) is 24.5. The Labute approximate surface area is 400 Å². The Morgan fingerprint density at radius 3 is 1.25 bits per heavy atom. The maximum atomic E-state index is 11.0. The number of hydrogen-bond acceptors (Lipinski definition) is 0. The summed E-state index contributed by atoms with van der Waals surface area (Å²) in [7, 11) is 0. The van der Waals surface area contributed by atoms with E-state index in [1.807, 2.05) is 0 Å². The normalized spacial score (nSPS) is 22.4. The third kappa shape index (κ3) is 5.07. The summed E-state index contributed by atoms with van der Waals surface area (Å²) in [5, 5.41) is -7.50. The number of fused-ring (bicyclic) bond motifs is 12. The second-order valence-electron chi connectivity index (χ2n) is 12.3. The summed E-state index contributed by atoms with van der Waals surface area (Å²) in [6, 6.07) is -40.9. The van der Waals surface area contributed by atoms with Crippen molar-refractivity contribution in [2.45, 2.75) is 5.41 Å². The first kappa shape index (κ1) is 14.2. The van der Waals surface area contributed by atoms with E-state index < -0.39 is 321 Å². The van der Waals surface area contributed by atoms with Crippen molar-refractivity contribution in [3.63, 3.8) is 0 Å². The molecule has 0 atom stereocenters. The predicted octanol–water partition coefficient (Wildman–Crippen LogP) is 9.94. The van der Waals surface area contributed by atoms with E-state index >= 15 is 0 Å². The van der Waals surface area contributed by atoms with Gasteiger partial charge in [0.05, 0.1) is 0 Å². The van der Waals surface area contributed by atoms with Gasteiger partial charge in [-0.3, -0.25) is 0 Å². The molecule has 0 saturated heterocycles. The zero-order chi connectivity index (χ0) is 69.5. The van der Waals surface area contributed by atoms with Crippen LogP contribution in [-0.4, -0.2) is 30.2 Å². The number of rotatable bonds is 6. The van der Waals surface area contributed by atoms with Crippen LogP contribution in [-0.2, 0) is 5.41 Å². The summed E-state index contributed by atoms with van der Waals surface area (Å²) in [5.74, 6) is 0. The van der Waals surface area contributed by atoms with Gasteiger partial charge in [-0.05, 0) is 0 Å². The zero-order valence-corrected chi connectivity index (χ0v) is 33.4. The molecule has 0 fully saturated rings. The van der Waals surface area contributed by atoms with Crippen LogP contribution in [0.4, 0.5) is 0 Å². The molecule has 2 aliphatic rings. The summed E-state index contributed by atoms with van der Waals surface area (Å²) in [5.41, 5.74) is -21.3. The molecule has 0 unspecified atom stereocenters. The van der Waals surface area contributed by atoms with Crippen LogP contribution in [0, 0.1) is 0 Å². The minimum absolute atomic E-state index is 0.756. The summed E-state index contributed by atoms with van der Waals surface area (Å²) in [6.07, 6.45) is 0. The molecule has 0 N–H and O–H groups in total. The molecule has 1 spiro atoms. The Morgan fingerprint density at radius 2 is 0.754 bits per heavy atom. The van der Waals surface area contributed by atoms with Gasteiger partial charge < -0.3 is 0 Å². The SMILES string of the molecule is [2H]c1c([2H])c([2H])c(P(=[Se])(c2c([2H])c([2H])c([2H])c([2H])c2[2H])c2c([2H])c([2H])c3c(c2[2H])C2(c4c([2H])c(P(=[Se])(c5c([2H])c([2H])c([2H])c([2H])c5[2H])c5c([2H])c([2H])c([2H])c([2H])c5[2H])c([2H])c([2H])c4-3)c3c([2H])c([2H])c([2H])c([2H])c3-c3c2c([2H])c([2H])c2c([2H])c([2H])c([2H])c([2H])c32)c([2H])c1[2H]. The van der Waals surface area contributed by atoms with Crippen molar-refractivity contribution in [2.24, 2.45) is 0 Å². The van der Waals surface area contributed by atoms with Gasteiger partial charge in [0, 0.05) is 0 Å². The van der Waals surface area contributed by atoms with Gasteiger partial charge in [0.25, 0.3) is 0 Å². The van der Waals surface area contributed by atoms with E-state index in [0.717, 1.165) is 0 Å². The molecule has 0 heterocycles. The molecule has 0 radical (unpaired) electrons. The van der Waals surface area contributed by atoms with E-state index in [1.165, 1.54) is 0 Å². The van der Waals surface area contributed by atoms with Crippen LogP contribution in [0.2, 0.25) is 0 Å². The van der Waals surface area contributed by atoms with Gasteiger partial charge in [-0.15, -0.1) is 0 Å². The van der Waals surface area contributed by atoms with Crippen molar-refractivity contribution in [3.8, 4) is 22.3 Å². The van der Waals surface area contributed by atoms with E-state index in [9.17, 15) is 28.8 Å². The molecule has 57 heavy (non-hydrogen) atoms. The van der Waals surface area contributed by atoms with Crippen molar-refractivity contribution in [2.75, 3.05) is 0 Å². The van der Waals surface area contributed by atoms with Gasteiger partial charge in [-0.2, -0.15) is 0 Å². The Bertz CT molecular complexity index is 4770. The molecule has 0 bridgehead atoms. The molecular formula is C53H36P2Se2. The molecule has 11 rings (SSSR count). The van der Waals surface area contributed by atoms with E-state index in [1.54, 1.807) is 0 Å². The Balaban J connectivity index is 1.54. The second-order valence-corrected chi connectivity index (χ2v) is 24.3. The number of benzene rings is 9. The third-order valence-electron chi connectivity index (χ3n) is 9.62. The molecular weight excluding hydrogens is 856 g/mol. The standard InChI is InChI=1S/C53H36P2Se2/c56-54(38-18-5-1-6-19-38,39-20-7-2-8-21-39)42-30-32-45-46-33-31-43(55(57,40-22-9-3-10-23-40)41-24-11-4-12-25-41)36-51(46)53(50(45)35-42)48-28-16-15-27-47(48)52-44-26-14-13-17-37(44)29-34-49(52)53/h1-36H/i1D,2D,3D,4D,5D,6D,7D,8D,9D,10D,11D,12D,13D,14D,15D,16D,17D,18D,19D,20D,21D,22D,23D,24D,25D,26D,27D,28D,29D,30D,31D,32D,33D,34D,35D,36D. The first-order chi connectivity index (χ1) is 43.0. The van der Waals surface area contributed by atoms with Crippen LogP contribution in [0.1, 0.15) is 71.6 Å². The topological polar surface area (TPSA) is 0 Å². The van der Waals surface area contributed by atoms with Crippen molar-refractivity contribution >= 4 is 83.8 Å². The predicted molar refractivity (Wildman–Crippen MR) is 249 cm³/mol. The second kappa shape index (κ2) is 13.6. The molecule has 270 valence electrons.